The Bertz CT molecular complexity index is 172. The van der Waals surface area contributed by atoms with Gasteiger partial charge in [-0.15, -0.1) is 0 Å². The highest BCUT2D eigenvalue weighted by Gasteiger charge is 1.95. The number of hydrogen-bond donors (Lipinski definition) is 0. The number of aliphatic carboxylic acids is 1. The van der Waals surface area contributed by atoms with Gasteiger partial charge in [0.05, 0.1) is 6.21 Å². The largest absolute Gasteiger partial charge is 0.541 e. The number of carboxylic acids is 1. The molecule has 0 unspecified atom stereocenters. The average Bonchev–Trinajstić information content (AvgIpc) is 1.82. The smallest absolute Gasteiger partial charge is 0.218 e. The molecule has 0 spiro atoms. The number of nitrogens with zero attached hydrogens (tertiary/aromatic N) is 1. The van der Waals surface area contributed by atoms with Crippen LogP contribution in [0.15, 0.2) is 4.99 Å². The van der Waals surface area contributed by atoms with Gasteiger partial charge in [-0.3, -0.25) is 9.79 Å². The first kappa shape index (κ1) is 8.81. The van der Waals surface area contributed by atoms with Gasteiger partial charge in [-0.05, 0) is 13.8 Å². The van der Waals surface area contributed by atoms with Crippen LogP contribution >= 0.6 is 0 Å². The van der Waals surface area contributed by atoms with Gasteiger partial charge in [-0.1, -0.05) is 0 Å². The lowest BCUT2D eigenvalue weighted by Gasteiger charge is -1.94. The fraction of sp³-hybridized carbons (Fsp3) is 0.500. The first-order valence-corrected chi connectivity index (χ1v) is 2.82. The van der Waals surface area contributed by atoms with E-state index in [0.29, 0.717) is 0 Å². The van der Waals surface area contributed by atoms with Crippen molar-refractivity contribution in [1.29, 1.82) is 0 Å². The summed E-state index contributed by atoms with van der Waals surface area (Å²) >= 11 is 0. The van der Waals surface area contributed by atoms with Crippen LogP contribution in [-0.4, -0.2) is 24.0 Å². The Morgan fingerprint density at radius 1 is 1.50 bits per heavy atom. The summed E-state index contributed by atoms with van der Waals surface area (Å²) in [6, 6.07) is -0.0664. The summed E-state index contributed by atoms with van der Waals surface area (Å²) in [5.74, 6) is -2.81. The van der Waals surface area contributed by atoms with Crippen LogP contribution in [0.1, 0.15) is 13.8 Å². The molecule has 0 heterocycles. The number of hydrogen-bond acceptors (Lipinski definition) is 4. The Morgan fingerprint density at radius 2 is 2.00 bits per heavy atom. The molecule has 0 aliphatic rings. The summed E-state index contributed by atoms with van der Waals surface area (Å²) in [5.41, 5.74) is 0. The zero-order valence-corrected chi connectivity index (χ0v) is 5.83. The van der Waals surface area contributed by atoms with E-state index in [1.54, 1.807) is 13.8 Å². The fourth-order valence-electron chi connectivity index (χ4n) is 0.269. The van der Waals surface area contributed by atoms with Crippen LogP contribution in [0, 0.1) is 0 Å². The van der Waals surface area contributed by atoms with Crippen LogP contribution in [-0.2, 0) is 9.59 Å². The van der Waals surface area contributed by atoms with Crippen LogP contribution in [0.25, 0.3) is 0 Å². The van der Waals surface area contributed by atoms with Gasteiger partial charge in [0.1, 0.15) is 5.97 Å². The zero-order valence-electron chi connectivity index (χ0n) is 5.83. The molecule has 4 heteroatoms. The summed E-state index contributed by atoms with van der Waals surface area (Å²) in [6.45, 7) is 3.47. The van der Waals surface area contributed by atoms with Crippen molar-refractivity contribution in [3.05, 3.63) is 0 Å². The van der Waals surface area contributed by atoms with E-state index in [1.807, 2.05) is 0 Å². The second-order valence-corrected chi connectivity index (χ2v) is 2.02. The number of carboxylic acid groups (broad SMARTS) is 1. The molecule has 0 radical (unpaired) electrons. The first-order chi connectivity index (χ1) is 4.54. The molecule has 0 saturated carbocycles. The van der Waals surface area contributed by atoms with Crippen molar-refractivity contribution in [2.45, 2.75) is 19.9 Å². The summed E-state index contributed by atoms with van der Waals surface area (Å²) in [5, 5.41) is 9.76. The molecular weight excluding hydrogens is 134 g/mol. The van der Waals surface area contributed by atoms with Gasteiger partial charge in [-0.25, -0.2) is 0 Å². The summed E-state index contributed by atoms with van der Waals surface area (Å²) in [6.07, 6.45) is 0.764. The van der Waals surface area contributed by atoms with Gasteiger partial charge < -0.3 is 9.90 Å². The van der Waals surface area contributed by atoms with Crippen LogP contribution in [0.2, 0.25) is 0 Å². The Morgan fingerprint density at radius 3 is 2.30 bits per heavy atom. The van der Waals surface area contributed by atoms with E-state index >= 15 is 0 Å². The second-order valence-electron chi connectivity index (χ2n) is 2.02. The quantitative estimate of drug-likeness (QED) is 0.366. The van der Waals surface area contributed by atoms with Crippen molar-refractivity contribution >= 4 is 18.0 Å². The van der Waals surface area contributed by atoms with Crippen molar-refractivity contribution in [1.82, 2.24) is 0 Å². The molecule has 10 heavy (non-hydrogen) atoms. The molecule has 0 aromatic heterocycles. The van der Waals surface area contributed by atoms with Crippen molar-refractivity contribution in [3.63, 3.8) is 0 Å². The number of carbonyl (C=O) groups is 2. The lowest BCUT2D eigenvalue weighted by atomic mass is 10.4. The highest BCUT2D eigenvalue weighted by molar-refractivity contribution is 6.55. The third-order valence-corrected chi connectivity index (χ3v) is 0.691. The summed E-state index contributed by atoms with van der Waals surface area (Å²) in [4.78, 5) is 23.5. The minimum Gasteiger partial charge on any atom is -0.541 e. The van der Waals surface area contributed by atoms with E-state index in [4.69, 9.17) is 0 Å². The summed E-state index contributed by atoms with van der Waals surface area (Å²) in [7, 11) is 0. The second kappa shape index (κ2) is 3.76. The number of rotatable bonds is 3. The van der Waals surface area contributed by atoms with Gasteiger partial charge in [0, 0.05) is 6.04 Å². The molecule has 0 aromatic rings. The maximum atomic E-state index is 10.2. The van der Waals surface area contributed by atoms with Crippen molar-refractivity contribution < 1.29 is 14.7 Å². The van der Waals surface area contributed by atoms with E-state index < -0.39 is 11.8 Å². The Kier molecular flexibility index (Phi) is 3.32. The summed E-state index contributed by atoms with van der Waals surface area (Å²) < 4.78 is 0. The van der Waals surface area contributed by atoms with Crippen LogP contribution in [0.5, 0.6) is 0 Å². The van der Waals surface area contributed by atoms with E-state index in [1.165, 1.54) is 0 Å². The van der Waals surface area contributed by atoms with Crippen molar-refractivity contribution in [3.8, 4) is 0 Å². The Hall–Kier alpha value is -1.19. The molecule has 0 aromatic carbocycles. The number of aliphatic imine (C=N–C) groups is 1. The topological polar surface area (TPSA) is 69.6 Å². The van der Waals surface area contributed by atoms with Crippen LogP contribution in [0.4, 0.5) is 0 Å². The molecule has 4 nitrogen and oxygen atoms in total. The highest BCUT2D eigenvalue weighted by atomic mass is 16.4. The molecular formula is C6H8NO3-. The Labute approximate surface area is 58.6 Å². The van der Waals surface area contributed by atoms with E-state index in [-0.39, 0.29) is 6.04 Å². The number of carbonyl (C=O) groups excluding carboxylic acids is 2. The minimum atomic E-state index is -1.72. The van der Waals surface area contributed by atoms with E-state index in [2.05, 4.69) is 4.99 Å². The van der Waals surface area contributed by atoms with E-state index in [0.717, 1.165) is 6.21 Å². The molecule has 0 atom stereocenters. The maximum Gasteiger partial charge on any atom is 0.218 e. The standard InChI is InChI=1S/C6H9NO3/c1-4(2)7-3-5(8)6(9)10/h3-4H,1-2H3,(H,9,10)/p-1. The number of Topliss-reactive ketones (excluding diaryl/α,β-unsaturated/α-hetero) is 1. The Balaban J connectivity index is 3.91. The molecule has 0 saturated heterocycles. The maximum absolute atomic E-state index is 10.2. The molecule has 0 rings (SSSR count). The molecule has 0 N–H and O–H groups in total. The number of ketones is 1. The van der Waals surface area contributed by atoms with Crippen molar-refractivity contribution in [2.24, 2.45) is 4.99 Å². The fourth-order valence-corrected chi connectivity index (χ4v) is 0.269. The minimum absolute atomic E-state index is 0.0664. The first-order valence-electron chi connectivity index (χ1n) is 2.82. The average molecular weight is 142 g/mol. The molecule has 56 valence electrons. The lowest BCUT2D eigenvalue weighted by Crippen LogP contribution is -2.32. The van der Waals surface area contributed by atoms with Gasteiger partial charge in [0.2, 0.25) is 5.78 Å². The predicted molar refractivity (Wildman–Crippen MR) is 33.6 cm³/mol. The monoisotopic (exact) mass is 142 g/mol. The van der Waals surface area contributed by atoms with Gasteiger partial charge in [-0.2, -0.15) is 0 Å². The van der Waals surface area contributed by atoms with Crippen LogP contribution in [0.3, 0.4) is 0 Å². The normalized spacial score (nSPS) is 10.7. The predicted octanol–water partition coefficient (Wildman–Crippen LogP) is -1.22. The van der Waals surface area contributed by atoms with E-state index in [9.17, 15) is 14.7 Å². The molecule has 0 aliphatic carbocycles. The van der Waals surface area contributed by atoms with Gasteiger partial charge in [0.25, 0.3) is 0 Å². The van der Waals surface area contributed by atoms with Gasteiger partial charge >= 0.3 is 0 Å². The van der Waals surface area contributed by atoms with Crippen LogP contribution < -0.4 is 5.11 Å². The SMILES string of the molecule is CC(C)N=CC(=O)C(=O)[O-]. The van der Waals surface area contributed by atoms with Crippen molar-refractivity contribution in [2.75, 3.05) is 0 Å². The van der Waals surface area contributed by atoms with Gasteiger partial charge in [0.15, 0.2) is 0 Å². The zero-order chi connectivity index (χ0) is 8.15. The third-order valence-electron chi connectivity index (χ3n) is 0.691. The third kappa shape index (κ3) is 3.77. The lowest BCUT2D eigenvalue weighted by molar-refractivity contribution is -0.298. The molecule has 0 fully saturated rings. The molecule has 0 bridgehead atoms. The highest BCUT2D eigenvalue weighted by Crippen LogP contribution is 1.82. The molecule has 0 aliphatic heterocycles. The molecule has 0 amide bonds.